The molecule has 0 aromatic heterocycles. The van der Waals surface area contributed by atoms with E-state index < -0.39 is 8.80 Å². The zero-order valence-electron chi connectivity index (χ0n) is 11.0. The molecular formula is C11H22O5Si. The monoisotopic (exact) mass is 262 g/mol. The van der Waals surface area contributed by atoms with E-state index in [1.807, 2.05) is 19.1 Å². The van der Waals surface area contributed by atoms with Crippen LogP contribution in [0.1, 0.15) is 6.92 Å². The Morgan fingerprint density at radius 3 is 2.35 bits per heavy atom. The number of epoxide rings is 1. The second-order valence-electron chi connectivity index (χ2n) is 3.92. The molecule has 1 rings (SSSR count). The Kier molecular flexibility index (Phi) is 6.32. The van der Waals surface area contributed by atoms with Crippen LogP contribution >= 0.6 is 0 Å². The van der Waals surface area contributed by atoms with Crippen LogP contribution in [0.3, 0.4) is 0 Å². The fourth-order valence-corrected chi connectivity index (χ4v) is 2.81. The number of hydrogen-bond donors (Lipinski definition) is 0. The van der Waals surface area contributed by atoms with Crippen LogP contribution in [-0.2, 0) is 22.8 Å². The van der Waals surface area contributed by atoms with Gasteiger partial charge in [-0.1, -0.05) is 12.2 Å². The summed E-state index contributed by atoms with van der Waals surface area (Å²) < 4.78 is 26.6. The summed E-state index contributed by atoms with van der Waals surface area (Å²) in [5, 5.41) is 0. The van der Waals surface area contributed by atoms with Gasteiger partial charge in [-0.2, -0.15) is 0 Å². The van der Waals surface area contributed by atoms with Crippen molar-refractivity contribution in [2.45, 2.75) is 25.2 Å². The van der Waals surface area contributed by atoms with E-state index in [0.717, 1.165) is 6.61 Å². The summed E-state index contributed by atoms with van der Waals surface area (Å²) in [5.74, 6) is 0. The second kappa shape index (κ2) is 7.25. The largest absolute Gasteiger partial charge is 0.504 e. The van der Waals surface area contributed by atoms with Crippen molar-refractivity contribution in [3.8, 4) is 0 Å². The molecule has 1 heterocycles. The smallest absolute Gasteiger partial charge is 0.377 e. The second-order valence-corrected chi connectivity index (χ2v) is 6.92. The summed E-state index contributed by atoms with van der Waals surface area (Å²) in [5.41, 5.74) is 0. The molecule has 5 nitrogen and oxygen atoms in total. The highest BCUT2D eigenvalue weighted by atomic mass is 28.4. The molecule has 0 bridgehead atoms. The SMILES string of the molecule is CO[Si](C/C=C/C(C)OCC1CO1)(OC)OC. The third-order valence-corrected chi connectivity index (χ3v) is 5.26. The molecule has 1 saturated heterocycles. The normalized spacial score (nSPS) is 22.0. The Bertz CT molecular complexity index is 230. The molecule has 0 aliphatic carbocycles. The maximum atomic E-state index is 5.56. The molecule has 0 spiro atoms. The Balaban J connectivity index is 2.25. The molecule has 0 aromatic rings. The Hall–Kier alpha value is -0.243. The standard InChI is InChI=1S/C11H22O5Si/c1-10(15-8-11-9-16-11)6-5-7-17(12-2,13-3)14-4/h5-6,10-11H,7-9H2,1-4H3/b6-5+. The van der Waals surface area contributed by atoms with E-state index in [4.69, 9.17) is 22.8 Å². The first kappa shape index (κ1) is 14.8. The van der Waals surface area contributed by atoms with Crippen LogP contribution in [0.5, 0.6) is 0 Å². The number of rotatable bonds is 9. The lowest BCUT2D eigenvalue weighted by molar-refractivity contribution is 0.0829. The van der Waals surface area contributed by atoms with E-state index in [9.17, 15) is 0 Å². The minimum absolute atomic E-state index is 0.0662. The van der Waals surface area contributed by atoms with Gasteiger partial charge in [-0.15, -0.1) is 0 Å². The van der Waals surface area contributed by atoms with Gasteiger partial charge in [-0.3, -0.25) is 0 Å². The van der Waals surface area contributed by atoms with E-state index in [0.29, 0.717) is 18.8 Å². The lowest BCUT2D eigenvalue weighted by atomic mass is 10.3. The van der Waals surface area contributed by atoms with Crippen LogP contribution in [-0.4, -0.2) is 55.6 Å². The van der Waals surface area contributed by atoms with Crippen molar-refractivity contribution in [3.63, 3.8) is 0 Å². The minimum Gasteiger partial charge on any atom is -0.377 e. The topological polar surface area (TPSA) is 49.5 Å². The van der Waals surface area contributed by atoms with Gasteiger partial charge in [0.05, 0.1) is 19.3 Å². The number of hydrogen-bond acceptors (Lipinski definition) is 5. The van der Waals surface area contributed by atoms with Crippen LogP contribution in [0, 0.1) is 0 Å². The van der Waals surface area contributed by atoms with E-state index >= 15 is 0 Å². The van der Waals surface area contributed by atoms with E-state index in [2.05, 4.69) is 0 Å². The predicted molar refractivity (Wildman–Crippen MR) is 65.9 cm³/mol. The van der Waals surface area contributed by atoms with Gasteiger partial charge in [0.2, 0.25) is 0 Å². The minimum atomic E-state index is -2.48. The van der Waals surface area contributed by atoms with E-state index in [1.165, 1.54) is 0 Å². The zero-order valence-corrected chi connectivity index (χ0v) is 12.0. The summed E-state index contributed by atoms with van der Waals surface area (Å²) in [6, 6.07) is 0.643. The highest BCUT2D eigenvalue weighted by Crippen LogP contribution is 2.14. The lowest BCUT2D eigenvalue weighted by Crippen LogP contribution is -2.42. The molecule has 1 fully saturated rings. The maximum absolute atomic E-state index is 5.56. The molecule has 0 saturated carbocycles. The molecule has 2 unspecified atom stereocenters. The van der Waals surface area contributed by atoms with Crippen molar-refractivity contribution in [2.75, 3.05) is 34.5 Å². The van der Waals surface area contributed by atoms with Crippen molar-refractivity contribution in [1.82, 2.24) is 0 Å². The molecule has 0 N–H and O–H groups in total. The summed E-state index contributed by atoms with van der Waals surface area (Å²) in [6.45, 7) is 3.48. The molecule has 0 aromatic carbocycles. The molecule has 1 aliphatic rings. The first-order valence-electron chi connectivity index (χ1n) is 5.71. The van der Waals surface area contributed by atoms with Gasteiger partial charge in [0.1, 0.15) is 6.10 Å². The van der Waals surface area contributed by atoms with Crippen molar-refractivity contribution in [2.24, 2.45) is 0 Å². The van der Waals surface area contributed by atoms with Crippen molar-refractivity contribution in [1.29, 1.82) is 0 Å². The van der Waals surface area contributed by atoms with Crippen molar-refractivity contribution in [3.05, 3.63) is 12.2 Å². The Labute approximate surface area is 104 Å². The van der Waals surface area contributed by atoms with Gasteiger partial charge in [0, 0.05) is 27.4 Å². The average Bonchev–Trinajstić information content (AvgIpc) is 3.17. The highest BCUT2D eigenvalue weighted by molar-refractivity contribution is 6.61. The number of allylic oxidation sites excluding steroid dienone is 1. The first-order chi connectivity index (χ1) is 8.15. The Morgan fingerprint density at radius 1 is 1.29 bits per heavy atom. The van der Waals surface area contributed by atoms with Crippen molar-refractivity contribution < 1.29 is 22.8 Å². The van der Waals surface area contributed by atoms with Gasteiger partial charge >= 0.3 is 8.80 Å². The van der Waals surface area contributed by atoms with Crippen LogP contribution in [0.2, 0.25) is 6.04 Å². The van der Waals surface area contributed by atoms with Gasteiger partial charge in [-0.05, 0) is 6.92 Å². The quantitative estimate of drug-likeness (QED) is 0.355. The van der Waals surface area contributed by atoms with Gasteiger partial charge in [0.15, 0.2) is 0 Å². The maximum Gasteiger partial charge on any atom is 0.504 e. The van der Waals surface area contributed by atoms with Crippen LogP contribution in [0.4, 0.5) is 0 Å². The summed E-state index contributed by atoms with van der Waals surface area (Å²) in [6.07, 6.45) is 4.34. The fraction of sp³-hybridized carbons (Fsp3) is 0.818. The lowest BCUT2D eigenvalue weighted by Gasteiger charge is -2.22. The first-order valence-corrected chi connectivity index (χ1v) is 7.64. The average molecular weight is 262 g/mol. The third kappa shape index (κ3) is 5.28. The highest BCUT2D eigenvalue weighted by Gasteiger charge is 2.36. The van der Waals surface area contributed by atoms with E-state index in [1.54, 1.807) is 21.3 Å². The van der Waals surface area contributed by atoms with Crippen LogP contribution < -0.4 is 0 Å². The van der Waals surface area contributed by atoms with Crippen LogP contribution in [0.15, 0.2) is 12.2 Å². The Morgan fingerprint density at radius 2 is 1.88 bits per heavy atom. The molecule has 100 valence electrons. The van der Waals surface area contributed by atoms with Gasteiger partial charge < -0.3 is 22.8 Å². The summed E-state index contributed by atoms with van der Waals surface area (Å²) in [7, 11) is 2.34. The fourth-order valence-electron chi connectivity index (χ4n) is 1.38. The van der Waals surface area contributed by atoms with Gasteiger partial charge in [-0.25, -0.2) is 0 Å². The number of ether oxygens (including phenoxy) is 2. The van der Waals surface area contributed by atoms with E-state index in [-0.39, 0.29) is 6.10 Å². The predicted octanol–water partition coefficient (Wildman–Crippen LogP) is 1.22. The van der Waals surface area contributed by atoms with Gasteiger partial charge in [0.25, 0.3) is 0 Å². The van der Waals surface area contributed by atoms with Crippen LogP contribution in [0.25, 0.3) is 0 Å². The molecular weight excluding hydrogens is 240 g/mol. The zero-order chi connectivity index (χ0) is 12.7. The third-order valence-electron chi connectivity index (χ3n) is 2.66. The molecule has 0 amide bonds. The summed E-state index contributed by atoms with van der Waals surface area (Å²) >= 11 is 0. The molecule has 2 atom stereocenters. The van der Waals surface area contributed by atoms with Crippen molar-refractivity contribution >= 4 is 8.80 Å². The summed E-state index contributed by atoms with van der Waals surface area (Å²) in [4.78, 5) is 0. The molecule has 1 aliphatic heterocycles. The molecule has 17 heavy (non-hydrogen) atoms. The molecule has 6 heteroatoms. The molecule has 0 radical (unpaired) electrons.